The van der Waals surface area contributed by atoms with Crippen molar-refractivity contribution in [1.29, 1.82) is 0 Å². The molecule has 0 amide bonds. The minimum Gasteiger partial charge on any atom is -0.355 e. The summed E-state index contributed by atoms with van der Waals surface area (Å²) in [7, 11) is 0. The summed E-state index contributed by atoms with van der Waals surface area (Å²) in [5.74, 6) is 1.66. The maximum atomic E-state index is 4.37. The summed E-state index contributed by atoms with van der Waals surface area (Å²) < 4.78 is 2.25. The highest BCUT2D eigenvalue weighted by Crippen LogP contribution is 2.19. The van der Waals surface area contributed by atoms with Crippen LogP contribution in [0.4, 0.5) is 5.95 Å². The van der Waals surface area contributed by atoms with Gasteiger partial charge in [-0.3, -0.25) is 0 Å². The predicted molar refractivity (Wildman–Crippen MR) is 69.8 cm³/mol. The van der Waals surface area contributed by atoms with Crippen LogP contribution in [-0.4, -0.2) is 16.1 Å². The second kappa shape index (κ2) is 6.56. The number of anilines is 1. The first kappa shape index (κ1) is 13.1. The molecule has 1 unspecified atom stereocenters. The van der Waals surface area contributed by atoms with Gasteiger partial charge in [0.25, 0.3) is 0 Å². The lowest BCUT2D eigenvalue weighted by atomic mass is 10.1. The molecular formula is C13H25N3. The molecule has 0 spiro atoms. The number of nitrogens with zero attached hydrogens (tertiary/aromatic N) is 2. The summed E-state index contributed by atoms with van der Waals surface area (Å²) >= 11 is 0. The van der Waals surface area contributed by atoms with Gasteiger partial charge < -0.3 is 9.88 Å². The maximum absolute atomic E-state index is 4.37. The summed E-state index contributed by atoms with van der Waals surface area (Å²) in [6.07, 6.45) is 7.72. The van der Waals surface area contributed by atoms with Gasteiger partial charge in [-0.2, -0.15) is 0 Å². The van der Waals surface area contributed by atoms with Gasteiger partial charge in [0.15, 0.2) is 0 Å². The van der Waals surface area contributed by atoms with Crippen molar-refractivity contribution in [2.24, 2.45) is 5.92 Å². The monoisotopic (exact) mass is 223 g/mol. The molecule has 0 saturated heterocycles. The Labute approximate surface area is 99.3 Å². The first-order chi connectivity index (χ1) is 7.65. The molecule has 0 saturated carbocycles. The molecule has 0 fully saturated rings. The van der Waals surface area contributed by atoms with Crippen molar-refractivity contribution < 1.29 is 0 Å². The number of unbranched alkanes of at least 4 members (excludes halogenated alkanes) is 1. The van der Waals surface area contributed by atoms with E-state index in [9.17, 15) is 0 Å². The fraction of sp³-hybridized carbons (Fsp3) is 0.769. The Hall–Kier alpha value is -0.990. The van der Waals surface area contributed by atoms with Gasteiger partial charge in [-0.1, -0.05) is 33.6 Å². The highest BCUT2D eigenvalue weighted by atomic mass is 15.2. The second-order valence-electron chi connectivity index (χ2n) is 4.92. The zero-order valence-electron chi connectivity index (χ0n) is 11.0. The first-order valence-electron chi connectivity index (χ1n) is 6.41. The number of nitrogens with one attached hydrogen (secondary N) is 1. The molecule has 3 heteroatoms. The quantitative estimate of drug-likeness (QED) is 0.763. The summed E-state index contributed by atoms with van der Waals surface area (Å²) in [4.78, 5) is 4.37. The number of hydrogen-bond acceptors (Lipinski definition) is 2. The summed E-state index contributed by atoms with van der Waals surface area (Å²) in [6, 6.07) is 0.539. The van der Waals surface area contributed by atoms with Crippen LogP contribution in [0.15, 0.2) is 12.4 Å². The van der Waals surface area contributed by atoms with Crippen molar-refractivity contribution in [2.75, 3.05) is 11.9 Å². The minimum atomic E-state index is 0.539. The highest BCUT2D eigenvalue weighted by Gasteiger charge is 2.09. The molecule has 1 heterocycles. The minimum absolute atomic E-state index is 0.539. The van der Waals surface area contributed by atoms with Gasteiger partial charge in [0.2, 0.25) is 5.95 Å². The number of hydrogen-bond donors (Lipinski definition) is 1. The molecule has 0 aliphatic rings. The molecule has 3 nitrogen and oxygen atoms in total. The van der Waals surface area contributed by atoms with Gasteiger partial charge in [-0.25, -0.2) is 4.98 Å². The Kier molecular flexibility index (Phi) is 5.36. The molecule has 0 radical (unpaired) electrons. The van der Waals surface area contributed by atoms with Crippen LogP contribution in [-0.2, 0) is 0 Å². The fourth-order valence-corrected chi connectivity index (χ4v) is 1.74. The van der Waals surface area contributed by atoms with Gasteiger partial charge in [0.05, 0.1) is 0 Å². The van der Waals surface area contributed by atoms with Crippen LogP contribution >= 0.6 is 0 Å². The molecule has 0 aromatic carbocycles. The molecule has 1 aromatic heterocycles. The van der Waals surface area contributed by atoms with E-state index in [1.807, 2.05) is 6.20 Å². The van der Waals surface area contributed by atoms with Gasteiger partial charge in [0, 0.05) is 25.0 Å². The highest BCUT2D eigenvalue weighted by molar-refractivity contribution is 5.26. The first-order valence-corrected chi connectivity index (χ1v) is 6.41. The summed E-state index contributed by atoms with van der Waals surface area (Å²) in [5.41, 5.74) is 0. The number of rotatable bonds is 7. The number of imidazole rings is 1. The van der Waals surface area contributed by atoms with E-state index in [2.05, 4.69) is 48.8 Å². The topological polar surface area (TPSA) is 29.9 Å². The van der Waals surface area contributed by atoms with Crippen LogP contribution in [0.25, 0.3) is 0 Å². The molecule has 16 heavy (non-hydrogen) atoms. The summed E-state index contributed by atoms with van der Waals surface area (Å²) in [5, 5.41) is 3.40. The van der Waals surface area contributed by atoms with Crippen molar-refractivity contribution in [2.45, 2.75) is 53.0 Å². The number of aromatic nitrogens is 2. The van der Waals surface area contributed by atoms with Gasteiger partial charge in [0.1, 0.15) is 0 Å². The molecule has 1 aromatic rings. The smallest absolute Gasteiger partial charge is 0.203 e. The lowest BCUT2D eigenvalue weighted by Crippen LogP contribution is -2.14. The molecule has 1 N–H and O–H groups in total. The third kappa shape index (κ3) is 3.87. The van der Waals surface area contributed by atoms with Crippen LogP contribution in [0.5, 0.6) is 0 Å². The Morgan fingerprint density at radius 3 is 2.75 bits per heavy atom. The third-order valence-electron chi connectivity index (χ3n) is 2.79. The SMILES string of the molecule is CCCCC(C)n1ccnc1NCC(C)C. The zero-order valence-corrected chi connectivity index (χ0v) is 11.0. The second-order valence-corrected chi connectivity index (χ2v) is 4.92. The lowest BCUT2D eigenvalue weighted by molar-refractivity contribution is 0.487. The van der Waals surface area contributed by atoms with E-state index in [1.165, 1.54) is 19.3 Å². The average molecular weight is 223 g/mol. The van der Waals surface area contributed by atoms with Crippen molar-refractivity contribution >= 4 is 5.95 Å². The normalized spacial score (nSPS) is 13.1. The predicted octanol–water partition coefficient (Wildman–Crippen LogP) is 3.70. The van der Waals surface area contributed by atoms with Crippen LogP contribution < -0.4 is 5.32 Å². The van der Waals surface area contributed by atoms with E-state index in [-0.39, 0.29) is 0 Å². The van der Waals surface area contributed by atoms with E-state index in [4.69, 9.17) is 0 Å². The van der Waals surface area contributed by atoms with Crippen molar-refractivity contribution in [1.82, 2.24) is 9.55 Å². The lowest BCUT2D eigenvalue weighted by Gasteiger charge is -2.17. The Morgan fingerprint density at radius 2 is 2.12 bits per heavy atom. The van der Waals surface area contributed by atoms with Crippen LogP contribution in [0.3, 0.4) is 0 Å². The van der Waals surface area contributed by atoms with Crippen LogP contribution in [0.1, 0.15) is 53.0 Å². The standard InChI is InChI=1S/C13H25N3/c1-5-6-7-12(4)16-9-8-14-13(16)15-10-11(2)3/h8-9,11-12H,5-7,10H2,1-4H3,(H,14,15). The largest absolute Gasteiger partial charge is 0.355 e. The zero-order chi connectivity index (χ0) is 12.0. The Bertz CT molecular complexity index is 291. The van der Waals surface area contributed by atoms with Gasteiger partial charge in [-0.15, -0.1) is 0 Å². The van der Waals surface area contributed by atoms with Crippen molar-refractivity contribution in [3.8, 4) is 0 Å². The fourth-order valence-electron chi connectivity index (χ4n) is 1.74. The van der Waals surface area contributed by atoms with E-state index in [0.717, 1.165) is 12.5 Å². The molecule has 0 aliphatic heterocycles. The van der Waals surface area contributed by atoms with E-state index < -0.39 is 0 Å². The maximum Gasteiger partial charge on any atom is 0.203 e. The Morgan fingerprint density at radius 1 is 1.38 bits per heavy atom. The molecule has 1 rings (SSSR count). The average Bonchev–Trinajstić information content (AvgIpc) is 2.71. The van der Waals surface area contributed by atoms with Gasteiger partial charge >= 0.3 is 0 Å². The molecular weight excluding hydrogens is 198 g/mol. The van der Waals surface area contributed by atoms with E-state index in [0.29, 0.717) is 12.0 Å². The van der Waals surface area contributed by atoms with Crippen LogP contribution in [0, 0.1) is 5.92 Å². The Balaban J connectivity index is 2.55. The molecule has 92 valence electrons. The summed E-state index contributed by atoms with van der Waals surface area (Å²) in [6.45, 7) is 9.90. The van der Waals surface area contributed by atoms with Crippen molar-refractivity contribution in [3.05, 3.63) is 12.4 Å². The molecule has 0 aliphatic carbocycles. The van der Waals surface area contributed by atoms with Crippen molar-refractivity contribution in [3.63, 3.8) is 0 Å². The third-order valence-corrected chi connectivity index (χ3v) is 2.79. The van der Waals surface area contributed by atoms with Crippen LogP contribution in [0.2, 0.25) is 0 Å². The van der Waals surface area contributed by atoms with E-state index in [1.54, 1.807) is 0 Å². The van der Waals surface area contributed by atoms with E-state index >= 15 is 0 Å². The molecule has 1 atom stereocenters. The molecule has 0 bridgehead atoms. The van der Waals surface area contributed by atoms with Gasteiger partial charge in [-0.05, 0) is 19.3 Å².